The van der Waals surface area contributed by atoms with Gasteiger partial charge in [-0.05, 0) is 19.1 Å². The second-order valence-corrected chi connectivity index (χ2v) is 3.35. The summed E-state index contributed by atoms with van der Waals surface area (Å²) in [5, 5.41) is 0. The number of hydrogen-bond donors (Lipinski definition) is 0. The molecule has 0 aliphatic carbocycles. The van der Waals surface area contributed by atoms with Crippen LogP contribution in [0.2, 0.25) is 0 Å². The third-order valence-electron chi connectivity index (χ3n) is 1.97. The second kappa shape index (κ2) is 6.12. The quantitative estimate of drug-likeness (QED) is 0.627. The molecule has 0 bridgehead atoms. The molecule has 1 aromatic carbocycles. The average molecular weight is 273 g/mol. The van der Waals surface area contributed by atoms with Gasteiger partial charge in [-0.15, -0.1) is 0 Å². The van der Waals surface area contributed by atoms with Crippen molar-refractivity contribution in [3.05, 3.63) is 35.9 Å². The Morgan fingerprint density at radius 1 is 1.21 bits per heavy atom. The third kappa shape index (κ3) is 4.20. The highest BCUT2D eigenvalue weighted by Gasteiger charge is 2.42. The molecular formula is C12H10F3NO3. The molecule has 0 saturated heterocycles. The molecule has 4 nitrogen and oxygen atoms in total. The zero-order valence-electron chi connectivity index (χ0n) is 9.90. The van der Waals surface area contributed by atoms with Crippen molar-refractivity contribution in [2.75, 3.05) is 6.61 Å². The predicted octanol–water partition coefficient (Wildman–Crippen LogP) is 2.39. The maximum Gasteiger partial charge on any atom is 0.440 e. The summed E-state index contributed by atoms with van der Waals surface area (Å²) in [4.78, 5) is 25.5. The molecule has 0 unspecified atom stereocenters. The summed E-state index contributed by atoms with van der Waals surface area (Å²) in [5.74, 6) is -2.82. The molecule has 0 fully saturated rings. The van der Waals surface area contributed by atoms with Gasteiger partial charge in [0.1, 0.15) is 0 Å². The highest BCUT2D eigenvalue weighted by molar-refractivity contribution is 6.40. The van der Waals surface area contributed by atoms with Gasteiger partial charge in [0.05, 0.1) is 6.61 Å². The minimum atomic E-state index is -5.04. The number of carbonyl (C=O) groups is 2. The van der Waals surface area contributed by atoms with E-state index in [9.17, 15) is 22.8 Å². The lowest BCUT2D eigenvalue weighted by atomic mass is 10.2. The van der Waals surface area contributed by atoms with Crippen LogP contribution in [-0.2, 0) is 9.53 Å². The summed E-state index contributed by atoms with van der Waals surface area (Å²) in [7, 11) is 0. The van der Waals surface area contributed by atoms with Crippen LogP contribution in [0.25, 0.3) is 0 Å². The van der Waals surface area contributed by atoms with Crippen LogP contribution >= 0.6 is 0 Å². The Bertz CT molecular complexity index is 495. The normalized spacial score (nSPS) is 12.1. The van der Waals surface area contributed by atoms with Gasteiger partial charge in [0.15, 0.2) is 0 Å². The smallest absolute Gasteiger partial charge is 0.440 e. The van der Waals surface area contributed by atoms with Gasteiger partial charge in [0.2, 0.25) is 5.71 Å². The molecule has 1 aromatic rings. The summed E-state index contributed by atoms with van der Waals surface area (Å²) in [5.41, 5.74) is -1.91. The summed E-state index contributed by atoms with van der Waals surface area (Å²) in [6, 6.07) is 7.13. The number of nitrogens with zero attached hydrogens (tertiary/aromatic N) is 1. The Balaban J connectivity index is 3.08. The number of amides is 1. The molecule has 1 rings (SSSR count). The highest BCUT2D eigenvalue weighted by atomic mass is 19.4. The van der Waals surface area contributed by atoms with Gasteiger partial charge in [-0.3, -0.25) is 4.79 Å². The highest BCUT2D eigenvalue weighted by Crippen LogP contribution is 2.19. The van der Waals surface area contributed by atoms with Crippen LogP contribution in [0, 0.1) is 0 Å². The molecule has 0 aromatic heterocycles. The average Bonchev–Trinajstić information content (AvgIpc) is 2.35. The minimum absolute atomic E-state index is 0.0476. The number of benzene rings is 1. The number of alkyl halides is 3. The summed E-state index contributed by atoms with van der Waals surface area (Å²) < 4.78 is 42.0. The molecule has 1 amide bonds. The first-order chi connectivity index (χ1) is 8.86. The van der Waals surface area contributed by atoms with Crippen molar-refractivity contribution in [1.82, 2.24) is 0 Å². The molecule has 0 atom stereocenters. The van der Waals surface area contributed by atoms with Crippen molar-refractivity contribution in [2.45, 2.75) is 13.1 Å². The number of carbonyl (C=O) groups excluding carboxylic acids is 2. The fourth-order valence-electron chi connectivity index (χ4n) is 1.17. The molecule has 0 heterocycles. The number of rotatable bonds is 3. The molecule has 19 heavy (non-hydrogen) atoms. The van der Waals surface area contributed by atoms with Gasteiger partial charge in [0.25, 0.3) is 5.91 Å². The molecule has 0 radical (unpaired) electrons. The minimum Gasteiger partial charge on any atom is -0.461 e. The first-order valence-electron chi connectivity index (χ1n) is 5.28. The summed E-state index contributed by atoms with van der Waals surface area (Å²) in [6.45, 7) is 1.11. The van der Waals surface area contributed by atoms with Gasteiger partial charge in [-0.2, -0.15) is 18.2 Å². The van der Waals surface area contributed by atoms with Crippen LogP contribution < -0.4 is 0 Å². The lowest BCUT2D eigenvalue weighted by Gasteiger charge is -2.08. The van der Waals surface area contributed by atoms with Crippen molar-refractivity contribution in [3.63, 3.8) is 0 Å². The van der Waals surface area contributed by atoms with Crippen LogP contribution in [0.15, 0.2) is 35.3 Å². The van der Waals surface area contributed by atoms with E-state index >= 15 is 0 Å². The standard InChI is InChI=1S/C12H10F3NO3/c1-2-19-11(18)9(12(13,14)15)16-10(17)8-6-4-3-5-7-8/h3-7H,2H2,1H3. The number of esters is 1. The van der Waals surface area contributed by atoms with Crippen LogP contribution in [0.5, 0.6) is 0 Å². The van der Waals surface area contributed by atoms with Gasteiger partial charge >= 0.3 is 12.1 Å². The van der Waals surface area contributed by atoms with E-state index in [-0.39, 0.29) is 12.2 Å². The Kier molecular flexibility index (Phi) is 4.80. The van der Waals surface area contributed by atoms with Crippen molar-refractivity contribution >= 4 is 17.6 Å². The van der Waals surface area contributed by atoms with Crippen molar-refractivity contribution < 1.29 is 27.5 Å². The molecule has 102 valence electrons. The Morgan fingerprint density at radius 3 is 2.26 bits per heavy atom. The van der Waals surface area contributed by atoms with E-state index < -0.39 is 23.8 Å². The molecule has 0 aliphatic heterocycles. The van der Waals surface area contributed by atoms with E-state index in [1.165, 1.54) is 31.2 Å². The zero-order valence-corrected chi connectivity index (χ0v) is 9.90. The molecule has 7 heteroatoms. The Labute approximate surface area is 106 Å². The van der Waals surface area contributed by atoms with Crippen LogP contribution in [0.3, 0.4) is 0 Å². The molecule has 0 spiro atoms. The largest absolute Gasteiger partial charge is 0.461 e. The van der Waals surface area contributed by atoms with Gasteiger partial charge in [0, 0.05) is 5.56 Å². The SMILES string of the molecule is CCOC(=O)C(=NC(=O)c1ccccc1)C(F)(F)F. The zero-order chi connectivity index (χ0) is 14.5. The molecule has 0 saturated carbocycles. The fraction of sp³-hybridized carbons (Fsp3) is 0.250. The predicted molar refractivity (Wildman–Crippen MR) is 60.9 cm³/mol. The molecule has 0 N–H and O–H groups in total. The van der Waals surface area contributed by atoms with E-state index in [0.717, 1.165) is 0 Å². The number of aliphatic imine (C=N–C) groups is 1. The maximum atomic E-state index is 12.6. The summed E-state index contributed by atoms with van der Waals surface area (Å²) >= 11 is 0. The Morgan fingerprint density at radius 2 is 1.79 bits per heavy atom. The van der Waals surface area contributed by atoms with E-state index in [1.54, 1.807) is 6.07 Å². The van der Waals surface area contributed by atoms with E-state index in [4.69, 9.17) is 0 Å². The topological polar surface area (TPSA) is 55.7 Å². The first-order valence-corrected chi connectivity index (χ1v) is 5.28. The van der Waals surface area contributed by atoms with Gasteiger partial charge in [-0.1, -0.05) is 18.2 Å². The van der Waals surface area contributed by atoms with Crippen LogP contribution in [0.4, 0.5) is 13.2 Å². The molecule has 0 aliphatic rings. The second-order valence-electron chi connectivity index (χ2n) is 3.35. The van der Waals surface area contributed by atoms with Crippen LogP contribution in [0.1, 0.15) is 17.3 Å². The monoisotopic (exact) mass is 273 g/mol. The van der Waals surface area contributed by atoms with Crippen molar-refractivity contribution in [1.29, 1.82) is 0 Å². The lowest BCUT2D eigenvalue weighted by Crippen LogP contribution is -2.33. The van der Waals surface area contributed by atoms with Crippen LogP contribution in [-0.4, -0.2) is 30.4 Å². The first kappa shape index (κ1) is 14.9. The molecular weight excluding hydrogens is 263 g/mol. The summed E-state index contributed by atoms with van der Waals surface area (Å²) in [6.07, 6.45) is -5.04. The van der Waals surface area contributed by atoms with E-state index in [2.05, 4.69) is 9.73 Å². The number of hydrogen-bond acceptors (Lipinski definition) is 3. The van der Waals surface area contributed by atoms with Gasteiger partial charge < -0.3 is 4.74 Å². The van der Waals surface area contributed by atoms with E-state index in [1.807, 2.05) is 0 Å². The van der Waals surface area contributed by atoms with E-state index in [0.29, 0.717) is 0 Å². The maximum absolute atomic E-state index is 12.6. The Hall–Kier alpha value is -2.18. The fourth-order valence-corrected chi connectivity index (χ4v) is 1.17. The lowest BCUT2D eigenvalue weighted by molar-refractivity contribution is -0.139. The number of halogens is 3. The number of ether oxygens (including phenoxy) is 1. The van der Waals surface area contributed by atoms with Crippen molar-refractivity contribution in [3.8, 4) is 0 Å². The van der Waals surface area contributed by atoms with Crippen molar-refractivity contribution in [2.24, 2.45) is 4.99 Å². The third-order valence-corrected chi connectivity index (χ3v) is 1.97. The van der Waals surface area contributed by atoms with Gasteiger partial charge in [-0.25, -0.2) is 4.79 Å².